The lowest BCUT2D eigenvalue weighted by Gasteiger charge is -2.16. The van der Waals surface area contributed by atoms with Crippen molar-refractivity contribution < 1.29 is 19.1 Å². The Labute approximate surface area is 104 Å². The number of rotatable bonds is 6. The molecule has 1 N–H and O–H groups in total. The summed E-state index contributed by atoms with van der Waals surface area (Å²) in [6.07, 6.45) is 1.55. The lowest BCUT2D eigenvalue weighted by atomic mass is 10.4. The van der Waals surface area contributed by atoms with Crippen molar-refractivity contribution in [2.75, 3.05) is 12.8 Å². The molecule has 0 saturated carbocycles. The summed E-state index contributed by atoms with van der Waals surface area (Å²) in [6.45, 7) is 1.96. The molecule has 1 amide bonds. The quantitative estimate of drug-likeness (QED) is 0.835. The van der Waals surface area contributed by atoms with E-state index < -0.39 is 11.2 Å². The van der Waals surface area contributed by atoms with Gasteiger partial charge in [-0.2, -0.15) is 0 Å². The molecule has 1 rings (SSSR count). The van der Waals surface area contributed by atoms with Crippen LogP contribution in [0.15, 0.2) is 22.8 Å². The normalized spacial score (nSPS) is 12.1. The smallest absolute Gasteiger partial charge is 0.316 e. The average Bonchev–Trinajstić information content (AvgIpc) is 2.77. The van der Waals surface area contributed by atoms with Gasteiger partial charge in [0.05, 0.1) is 23.8 Å². The van der Waals surface area contributed by atoms with Crippen LogP contribution in [0.4, 0.5) is 0 Å². The first-order valence-corrected chi connectivity index (χ1v) is 6.16. The molecule has 1 atom stereocenters. The number of carboxylic acid groups (broad SMARTS) is 1. The molecule has 1 aromatic heterocycles. The zero-order valence-electron chi connectivity index (χ0n) is 9.75. The third-order valence-corrected chi connectivity index (χ3v) is 3.32. The van der Waals surface area contributed by atoms with Crippen molar-refractivity contribution in [2.24, 2.45) is 0 Å². The van der Waals surface area contributed by atoms with E-state index in [9.17, 15) is 9.59 Å². The molecule has 0 aliphatic heterocycles. The van der Waals surface area contributed by atoms with Crippen LogP contribution < -0.4 is 0 Å². The van der Waals surface area contributed by atoms with Crippen LogP contribution in [0.5, 0.6) is 0 Å². The Kier molecular flexibility index (Phi) is 5.09. The summed E-state index contributed by atoms with van der Waals surface area (Å²) in [5.41, 5.74) is 0. The van der Waals surface area contributed by atoms with E-state index in [1.807, 2.05) is 0 Å². The highest BCUT2D eigenvalue weighted by Crippen LogP contribution is 2.12. The van der Waals surface area contributed by atoms with Gasteiger partial charge in [0.25, 0.3) is 0 Å². The molecule has 0 aliphatic rings. The minimum absolute atomic E-state index is 0.112. The van der Waals surface area contributed by atoms with E-state index >= 15 is 0 Å². The molecule has 0 spiro atoms. The SMILES string of the molecule is CC(SCC(=O)N(C)Cc1ccco1)C(=O)O. The second-order valence-corrected chi connectivity index (χ2v) is 4.95. The minimum Gasteiger partial charge on any atom is -0.480 e. The van der Waals surface area contributed by atoms with Crippen molar-refractivity contribution in [2.45, 2.75) is 18.7 Å². The number of carbonyl (C=O) groups is 2. The van der Waals surface area contributed by atoms with Crippen molar-refractivity contribution in [3.8, 4) is 0 Å². The second-order valence-electron chi connectivity index (χ2n) is 3.62. The fourth-order valence-electron chi connectivity index (χ4n) is 1.10. The number of hydrogen-bond donors (Lipinski definition) is 1. The number of aliphatic carboxylic acids is 1. The summed E-state index contributed by atoms with van der Waals surface area (Å²) in [7, 11) is 1.66. The first kappa shape index (κ1) is 13.6. The number of furan rings is 1. The van der Waals surface area contributed by atoms with E-state index in [0.29, 0.717) is 12.3 Å². The van der Waals surface area contributed by atoms with Gasteiger partial charge in [0.2, 0.25) is 5.91 Å². The molecule has 5 nitrogen and oxygen atoms in total. The van der Waals surface area contributed by atoms with Crippen molar-refractivity contribution in [1.29, 1.82) is 0 Å². The Morgan fingerprint density at radius 1 is 1.59 bits per heavy atom. The summed E-state index contributed by atoms with van der Waals surface area (Å²) in [4.78, 5) is 23.8. The molecular weight excluding hydrogens is 242 g/mol. The Bertz CT molecular complexity index is 377. The van der Waals surface area contributed by atoms with Crippen LogP contribution in [-0.4, -0.2) is 39.9 Å². The van der Waals surface area contributed by atoms with E-state index in [2.05, 4.69) is 0 Å². The zero-order valence-corrected chi connectivity index (χ0v) is 10.6. The molecule has 1 unspecified atom stereocenters. The maximum atomic E-state index is 11.7. The molecule has 17 heavy (non-hydrogen) atoms. The highest BCUT2D eigenvalue weighted by molar-refractivity contribution is 8.01. The number of nitrogens with zero attached hydrogens (tertiary/aromatic N) is 1. The number of carboxylic acids is 1. The average molecular weight is 257 g/mol. The van der Waals surface area contributed by atoms with Crippen molar-refractivity contribution in [3.05, 3.63) is 24.2 Å². The van der Waals surface area contributed by atoms with Crippen molar-refractivity contribution in [3.63, 3.8) is 0 Å². The Hall–Kier alpha value is -1.43. The van der Waals surface area contributed by atoms with Gasteiger partial charge >= 0.3 is 5.97 Å². The van der Waals surface area contributed by atoms with E-state index in [4.69, 9.17) is 9.52 Å². The molecule has 0 saturated heterocycles. The molecule has 94 valence electrons. The van der Waals surface area contributed by atoms with Gasteiger partial charge in [-0.1, -0.05) is 0 Å². The number of hydrogen-bond acceptors (Lipinski definition) is 4. The van der Waals surface area contributed by atoms with Crippen LogP contribution in [0, 0.1) is 0 Å². The maximum absolute atomic E-state index is 11.7. The monoisotopic (exact) mass is 257 g/mol. The van der Waals surface area contributed by atoms with Crippen LogP contribution in [0.2, 0.25) is 0 Å². The van der Waals surface area contributed by atoms with Gasteiger partial charge in [0.15, 0.2) is 0 Å². The summed E-state index contributed by atoms with van der Waals surface area (Å²) < 4.78 is 5.12. The number of amides is 1. The molecule has 0 fully saturated rings. The molecule has 0 aromatic carbocycles. The molecule has 6 heteroatoms. The van der Waals surface area contributed by atoms with Gasteiger partial charge in [0, 0.05) is 7.05 Å². The second kappa shape index (κ2) is 6.34. The fraction of sp³-hybridized carbons (Fsp3) is 0.455. The van der Waals surface area contributed by atoms with Crippen LogP contribution >= 0.6 is 11.8 Å². The summed E-state index contributed by atoms with van der Waals surface area (Å²) >= 11 is 1.11. The third kappa shape index (κ3) is 4.52. The molecule has 0 bridgehead atoms. The van der Waals surface area contributed by atoms with Gasteiger partial charge in [-0.3, -0.25) is 9.59 Å². The topological polar surface area (TPSA) is 70.8 Å². The predicted molar refractivity (Wildman–Crippen MR) is 64.7 cm³/mol. The Balaban J connectivity index is 2.34. The fourth-order valence-corrected chi connectivity index (χ4v) is 1.86. The molecular formula is C11H15NO4S. The van der Waals surface area contributed by atoms with E-state index in [0.717, 1.165) is 11.8 Å². The lowest BCUT2D eigenvalue weighted by molar-refractivity contribution is -0.136. The zero-order chi connectivity index (χ0) is 12.8. The Morgan fingerprint density at radius 2 is 2.29 bits per heavy atom. The first-order valence-electron chi connectivity index (χ1n) is 5.11. The van der Waals surface area contributed by atoms with Gasteiger partial charge in [-0.05, 0) is 19.1 Å². The van der Waals surface area contributed by atoms with E-state index in [1.165, 1.54) is 4.90 Å². The summed E-state index contributed by atoms with van der Waals surface area (Å²) in [5.74, 6) is -0.155. The van der Waals surface area contributed by atoms with Crippen molar-refractivity contribution in [1.82, 2.24) is 4.90 Å². The molecule has 0 radical (unpaired) electrons. The maximum Gasteiger partial charge on any atom is 0.316 e. The first-order chi connectivity index (χ1) is 8.00. The van der Waals surface area contributed by atoms with Gasteiger partial charge in [0.1, 0.15) is 5.76 Å². The van der Waals surface area contributed by atoms with Crippen molar-refractivity contribution >= 4 is 23.6 Å². The highest BCUT2D eigenvalue weighted by Gasteiger charge is 2.16. The van der Waals surface area contributed by atoms with Gasteiger partial charge < -0.3 is 14.4 Å². The number of thioether (sulfide) groups is 1. The van der Waals surface area contributed by atoms with Crippen LogP contribution in [0.25, 0.3) is 0 Å². The summed E-state index contributed by atoms with van der Waals surface area (Å²) in [6, 6.07) is 3.55. The standard InChI is InChI=1S/C11H15NO4S/c1-8(11(14)15)17-7-10(13)12(2)6-9-4-3-5-16-9/h3-5,8H,6-7H2,1-2H3,(H,14,15). The van der Waals surface area contributed by atoms with Crippen LogP contribution in [0.1, 0.15) is 12.7 Å². The third-order valence-electron chi connectivity index (χ3n) is 2.20. The lowest BCUT2D eigenvalue weighted by Crippen LogP contribution is -2.28. The van der Waals surface area contributed by atoms with Gasteiger partial charge in [-0.15, -0.1) is 11.8 Å². The summed E-state index contributed by atoms with van der Waals surface area (Å²) in [5, 5.41) is 8.11. The Morgan fingerprint density at radius 3 is 2.82 bits per heavy atom. The van der Waals surface area contributed by atoms with E-state index in [-0.39, 0.29) is 11.7 Å². The largest absolute Gasteiger partial charge is 0.480 e. The molecule has 1 heterocycles. The van der Waals surface area contributed by atoms with Crippen LogP contribution in [0.3, 0.4) is 0 Å². The highest BCUT2D eigenvalue weighted by atomic mass is 32.2. The van der Waals surface area contributed by atoms with Crippen LogP contribution in [-0.2, 0) is 16.1 Å². The predicted octanol–water partition coefficient (Wildman–Crippen LogP) is 1.44. The minimum atomic E-state index is -0.906. The number of carbonyl (C=O) groups excluding carboxylic acids is 1. The molecule has 1 aromatic rings. The van der Waals surface area contributed by atoms with Gasteiger partial charge in [-0.25, -0.2) is 0 Å². The van der Waals surface area contributed by atoms with E-state index in [1.54, 1.807) is 32.4 Å². The molecule has 0 aliphatic carbocycles.